The number of nitrogens with zero attached hydrogens (tertiary/aromatic N) is 2. The predicted octanol–water partition coefficient (Wildman–Crippen LogP) is 14.5. The Morgan fingerprint density at radius 1 is 0.558 bits per heavy atom. The van der Waals surface area contributed by atoms with Gasteiger partial charge in [-0.1, -0.05) is 80.2 Å². The van der Waals surface area contributed by atoms with Crippen LogP contribution in [0, 0.1) is 0 Å². The molecule has 0 aromatic heterocycles. The Morgan fingerprint density at radius 3 is 1.30 bits per heavy atom. The number of fused-ring (bicyclic) bond motifs is 2. The number of carbonyl (C=O) groups is 1. The van der Waals surface area contributed by atoms with Crippen LogP contribution in [0.1, 0.15) is 44.5 Å². The van der Waals surface area contributed by atoms with E-state index in [1.54, 1.807) is 70.5 Å². The molecule has 77 heavy (non-hydrogen) atoms. The summed E-state index contributed by atoms with van der Waals surface area (Å²) >= 11 is 0. The Hall–Kier alpha value is -7.63. The maximum atomic E-state index is 13.5. The van der Waals surface area contributed by atoms with Crippen LogP contribution >= 0.6 is 0 Å². The summed E-state index contributed by atoms with van der Waals surface area (Å²) in [5.74, 6) is -1.47. The lowest BCUT2D eigenvalue weighted by Crippen LogP contribution is -2.40. The van der Waals surface area contributed by atoms with Crippen LogP contribution in [0.4, 0.5) is 72.8 Å². The second kappa shape index (κ2) is 23.7. The number of para-hydroxylation sites is 2. The summed E-state index contributed by atoms with van der Waals surface area (Å²) in [5.41, 5.74) is 3.26. The summed E-state index contributed by atoms with van der Waals surface area (Å²) in [7, 11) is 0. The zero-order valence-corrected chi connectivity index (χ0v) is 39.4. The number of aliphatic hydroxyl groups is 1. The Balaban J connectivity index is 0.000000246. The van der Waals surface area contributed by atoms with Crippen molar-refractivity contribution in [3.05, 3.63) is 145 Å². The number of halogens is 14. The number of hydrogen-bond acceptors (Lipinski definition) is 10. The van der Waals surface area contributed by atoms with E-state index in [0.29, 0.717) is 50.5 Å². The fourth-order valence-corrected chi connectivity index (χ4v) is 8.29. The number of carbonyl (C=O) groups excluding carboxylic acids is 1. The molecule has 1 N–H and O–H groups in total. The number of alkyl halides is 14. The zero-order chi connectivity index (χ0) is 55.3. The van der Waals surface area contributed by atoms with Crippen LogP contribution < -0.4 is 38.2 Å². The summed E-state index contributed by atoms with van der Waals surface area (Å²) in [6, 6.07) is 29.5. The minimum absolute atomic E-state index is 0. The number of rotatable bonds is 16. The molecule has 6 aromatic carbocycles. The summed E-state index contributed by atoms with van der Waals surface area (Å²) in [6.07, 6.45) is -28.1. The van der Waals surface area contributed by atoms with Crippen LogP contribution in [-0.2, 0) is 4.79 Å². The number of hydrogen-bond donors (Lipinski definition) is 1. The van der Waals surface area contributed by atoms with Gasteiger partial charge in [0.25, 0.3) is 0 Å². The normalized spacial score (nSPS) is 15.9. The van der Waals surface area contributed by atoms with Crippen molar-refractivity contribution in [2.45, 2.75) is 77.3 Å². The number of benzene rings is 6. The molecule has 24 heteroatoms. The van der Waals surface area contributed by atoms with Crippen LogP contribution in [-0.4, -0.2) is 81.1 Å². The minimum atomic E-state index is -4.88. The summed E-state index contributed by atoms with van der Waals surface area (Å²) < 4.78 is 209. The SMILES string of the molecule is C.CC(=O)CN1c2cccc(-c3cccc(OC(F)(F)F)c3)c2OC[C@@H]1c1cccc(OC(F)(F)C(F)F)c1.C[C@@H](O)CN1c2cccc(-c3cccc(OC(F)(F)F)c3)c2OC[C@@H]1c1cccc(OC(F)(F)C(F)F)c1. The second-order valence-electron chi connectivity index (χ2n) is 17.0. The van der Waals surface area contributed by atoms with E-state index < -0.39 is 79.0 Å². The Bertz CT molecular complexity index is 2970. The van der Waals surface area contributed by atoms with Crippen molar-refractivity contribution in [2.24, 2.45) is 0 Å². The molecule has 6 aromatic rings. The fraction of sp³-hybridized carbons (Fsp3) is 0.302. The summed E-state index contributed by atoms with van der Waals surface area (Å²) in [4.78, 5) is 15.5. The van der Waals surface area contributed by atoms with E-state index in [0.717, 1.165) is 30.3 Å². The van der Waals surface area contributed by atoms with Gasteiger partial charge in [-0.3, -0.25) is 4.79 Å². The summed E-state index contributed by atoms with van der Waals surface area (Å²) in [5, 5.41) is 10.2. The van der Waals surface area contributed by atoms with Crippen LogP contribution in [0.5, 0.6) is 34.5 Å². The van der Waals surface area contributed by atoms with Crippen molar-refractivity contribution in [2.75, 3.05) is 36.1 Å². The van der Waals surface area contributed by atoms with Gasteiger partial charge in [-0.2, -0.15) is 35.1 Å². The number of β-amino-alcohol motifs (C(OH)–C–C–N with tert-alkyl or cyclic N) is 1. The highest BCUT2D eigenvalue weighted by Crippen LogP contribution is 2.48. The van der Waals surface area contributed by atoms with Gasteiger partial charge < -0.3 is 43.3 Å². The first-order chi connectivity index (χ1) is 35.7. The van der Waals surface area contributed by atoms with E-state index in [4.69, 9.17) is 9.47 Å². The number of ketones is 1. The third-order valence-corrected chi connectivity index (χ3v) is 11.2. The van der Waals surface area contributed by atoms with Crippen molar-refractivity contribution < 1.29 is 99.8 Å². The molecule has 2 aliphatic heterocycles. The highest BCUT2D eigenvalue weighted by molar-refractivity contribution is 5.86. The maximum absolute atomic E-state index is 13.5. The standard InChI is InChI=1S/C26H22F7NO4.C26H20F7NO4.CH4/c2*1-15(35)13-34-21-10-4-9-20(16-5-2-8-19(11-16)38-26(31,32)33)23(21)36-14-22(34)17-6-3-7-18(12-17)37-25(29,30)24(27)28;/h2-12,15,22,24,35H,13-14H2,1H3;2-12,22,24H,13-14H2,1H3;1H4/t15-,22-;22-;/m11./s1. The average Bonchev–Trinajstić information content (AvgIpc) is 3.33. The first-order valence-corrected chi connectivity index (χ1v) is 22.5. The first kappa shape index (κ1) is 58.6. The van der Waals surface area contributed by atoms with Gasteiger partial charge in [-0.25, -0.2) is 0 Å². The van der Waals surface area contributed by atoms with Crippen molar-refractivity contribution in [3.63, 3.8) is 0 Å². The molecule has 0 unspecified atom stereocenters. The Morgan fingerprint density at radius 2 is 0.922 bits per heavy atom. The third kappa shape index (κ3) is 14.9. The zero-order valence-electron chi connectivity index (χ0n) is 39.4. The van der Waals surface area contributed by atoms with E-state index in [1.807, 2.05) is 0 Å². The lowest BCUT2D eigenvalue weighted by molar-refractivity contribution is -0.275. The van der Waals surface area contributed by atoms with Gasteiger partial charge in [0, 0.05) is 17.7 Å². The Kier molecular flexibility index (Phi) is 18.1. The van der Waals surface area contributed by atoms with E-state index in [9.17, 15) is 71.4 Å². The van der Waals surface area contributed by atoms with Gasteiger partial charge in [-0.05, 0) is 96.8 Å². The molecule has 0 spiro atoms. The third-order valence-electron chi connectivity index (χ3n) is 11.2. The molecule has 0 saturated carbocycles. The molecule has 10 nitrogen and oxygen atoms in total. The molecule has 0 radical (unpaired) electrons. The maximum Gasteiger partial charge on any atom is 0.573 e. The van der Waals surface area contributed by atoms with Crippen LogP contribution in [0.2, 0.25) is 0 Å². The predicted molar refractivity (Wildman–Crippen MR) is 253 cm³/mol. The molecule has 0 fully saturated rings. The molecule has 2 heterocycles. The molecule has 0 amide bonds. The number of aliphatic hydroxyl groups excluding tert-OH is 1. The fourth-order valence-electron chi connectivity index (χ4n) is 8.29. The van der Waals surface area contributed by atoms with Gasteiger partial charge in [0.2, 0.25) is 0 Å². The summed E-state index contributed by atoms with van der Waals surface area (Å²) in [6.45, 7) is 2.68. The quantitative estimate of drug-likeness (QED) is 0.0944. The minimum Gasteiger partial charge on any atom is -0.488 e. The van der Waals surface area contributed by atoms with E-state index in [-0.39, 0.29) is 45.3 Å². The van der Waals surface area contributed by atoms with E-state index in [1.165, 1.54) is 56.3 Å². The van der Waals surface area contributed by atoms with Crippen LogP contribution in [0.3, 0.4) is 0 Å². The molecule has 3 atom stereocenters. The molecule has 0 bridgehead atoms. The van der Waals surface area contributed by atoms with Gasteiger partial charge in [0.15, 0.2) is 11.5 Å². The van der Waals surface area contributed by atoms with Crippen LogP contribution in [0.15, 0.2) is 133 Å². The lowest BCUT2D eigenvalue weighted by atomic mass is 9.98. The van der Waals surface area contributed by atoms with Gasteiger partial charge in [-0.15, -0.1) is 26.3 Å². The molecule has 0 saturated heterocycles. The molecule has 0 aliphatic carbocycles. The topological polar surface area (TPSA) is 99.2 Å². The monoisotopic (exact) mass is 1100 g/mol. The molecule has 414 valence electrons. The van der Waals surface area contributed by atoms with E-state index in [2.05, 4.69) is 18.9 Å². The average molecular weight is 1100 g/mol. The smallest absolute Gasteiger partial charge is 0.488 e. The molecule has 2 aliphatic rings. The number of ether oxygens (including phenoxy) is 6. The molecular formula is C53H46F14N2O8. The van der Waals surface area contributed by atoms with Gasteiger partial charge in [0.1, 0.15) is 42.0 Å². The molecule has 8 rings (SSSR count). The van der Waals surface area contributed by atoms with Crippen molar-refractivity contribution >= 4 is 17.2 Å². The van der Waals surface area contributed by atoms with Crippen molar-refractivity contribution in [1.29, 1.82) is 0 Å². The van der Waals surface area contributed by atoms with Crippen LogP contribution in [0.25, 0.3) is 22.3 Å². The largest absolute Gasteiger partial charge is 0.573 e. The van der Waals surface area contributed by atoms with Crippen molar-refractivity contribution in [3.8, 4) is 56.8 Å². The first-order valence-electron chi connectivity index (χ1n) is 22.5. The highest BCUT2D eigenvalue weighted by atomic mass is 19.4. The number of Topliss-reactive ketones (excluding diaryl/α,β-unsaturated/α-hetero) is 1. The van der Waals surface area contributed by atoms with E-state index >= 15 is 0 Å². The number of anilines is 2. The second-order valence-corrected chi connectivity index (χ2v) is 17.0. The van der Waals surface area contributed by atoms with Gasteiger partial charge >= 0.3 is 37.8 Å². The van der Waals surface area contributed by atoms with Gasteiger partial charge in [0.05, 0.1) is 36.1 Å². The highest BCUT2D eigenvalue weighted by Gasteiger charge is 2.45. The molecular weight excluding hydrogens is 1060 g/mol. The Labute approximate surface area is 430 Å². The lowest BCUT2D eigenvalue weighted by Gasteiger charge is -2.40. The van der Waals surface area contributed by atoms with Crippen molar-refractivity contribution in [1.82, 2.24) is 0 Å².